The zero-order valence-electron chi connectivity index (χ0n) is 19.6. The van der Waals surface area contributed by atoms with Crippen LogP contribution in [0.4, 0.5) is 5.69 Å². The standard InChI is InChI=1S/C28H31N3O/c1-6-19-9-11-20(12-10-19)31-23-14-28(4,5)15-24(32)26(23)25(22(16-29)27(31)30)21-13-17(2)7-8-18(21)3/h7-13,25H,6,14-15,30H2,1-5H3. The summed E-state index contributed by atoms with van der Waals surface area (Å²) in [6.07, 6.45) is 2.14. The molecular weight excluding hydrogens is 394 g/mol. The van der Waals surface area contributed by atoms with E-state index in [-0.39, 0.29) is 11.2 Å². The molecule has 4 heteroatoms. The summed E-state index contributed by atoms with van der Waals surface area (Å²) in [6.45, 7) is 10.4. The molecule has 0 saturated heterocycles. The van der Waals surface area contributed by atoms with Crippen LogP contribution in [0.2, 0.25) is 0 Å². The molecule has 1 aliphatic carbocycles. The predicted octanol–water partition coefficient (Wildman–Crippen LogP) is 5.81. The lowest BCUT2D eigenvalue weighted by atomic mass is 9.68. The number of nitriles is 1. The van der Waals surface area contributed by atoms with E-state index in [2.05, 4.69) is 57.2 Å². The summed E-state index contributed by atoms with van der Waals surface area (Å²) in [5.74, 6) is 0.106. The molecule has 1 unspecified atom stereocenters. The van der Waals surface area contributed by atoms with Gasteiger partial charge in [0.25, 0.3) is 0 Å². The quantitative estimate of drug-likeness (QED) is 0.674. The van der Waals surface area contributed by atoms with E-state index in [1.807, 2.05) is 30.9 Å². The molecule has 0 aromatic heterocycles. The Bertz CT molecular complexity index is 1190. The average Bonchev–Trinajstić information content (AvgIpc) is 2.74. The van der Waals surface area contributed by atoms with Gasteiger partial charge in [0.1, 0.15) is 5.82 Å². The lowest BCUT2D eigenvalue weighted by Gasteiger charge is -2.44. The molecule has 2 aromatic rings. The fraction of sp³-hybridized carbons (Fsp3) is 0.357. The number of aryl methyl sites for hydroxylation is 3. The smallest absolute Gasteiger partial charge is 0.162 e. The number of benzene rings is 2. The number of hydrogen-bond donors (Lipinski definition) is 1. The summed E-state index contributed by atoms with van der Waals surface area (Å²) >= 11 is 0. The minimum absolute atomic E-state index is 0.109. The number of rotatable bonds is 3. The van der Waals surface area contributed by atoms with Gasteiger partial charge in [-0.05, 0) is 60.9 Å². The van der Waals surface area contributed by atoms with Gasteiger partial charge in [0, 0.05) is 23.4 Å². The third kappa shape index (κ3) is 3.62. The Hall–Kier alpha value is -3.32. The Morgan fingerprint density at radius 1 is 1.12 bits per heavy atom. The van der Waals surface area contributed by atoms with Crippen molar-refractivity contribution < 1.29 is 4.79 Å². The largest absolute Gasteiger partial charge is 0.384 e. The fourth-order valence-electron chi connectivity index (χ4n) is 5.07. The van der Waals surface area contributed by atoms with Gasteiger partial charge in [-0.15, -0.1) is 0 Å². The number of ketones is 1. The number of hydrogen-bond acceptors (Lipinski definition) is 4. The van der Waals surface area contributed by atoms with Gasteiger partial charge >= 0.3 is 0 Å². The summed E-state index contributed by atoms with van der Waals surface area (Å²) in [5.41, 5.74) is 13.9. The van der Waals surface area contributed by atoms with Crippen molar-refractivity contribution in [1.29, 1.82) is 5.26 Å². The molecule has 0 amide bonds. The average molecular weight is 426 g/mol. The predicted molar refractivity (Wildman–Crippen MR) is 129 cm³/mol. The van der Waals surface area contributed by atoms with Crippen molar-refractivity contribution in [2.45, 2.75) is 59.8 Å². The van der Waals surface area contributed by atoms with Crippen LogP contribution in [-0.2, 0) is 11.2 Å². The van der Waals surface area contributed by atoms with Gasteiger partial charge in [0.15, 0.2) is 5.78 Å². The Balaban J connectivity index is 2.00. The van der Waals surface area contributed by atoms with E-state index < -0.39 is 5.92 Å². The second-order valence-electron chi connectivity index (χ2n) is 9.86. The number of carbonyl (C=O) groups excluding carboxylic acids is 1. The number of nitrogens with zero attached hydrogens (tertiary/aromatic N) is 2. The van der Waals surface area contributed by atoms with Crippen LogP contribution in [0, 0.1) is 30.6 Å². The van der Waals surface area contributed by atoms with Crippen LogP contribution < -0.4 is 10.6 Å². The molecule has 0 spiro atoms. The van der Waals surface area contributed by atoms with E-state index in [0.29, 0.717) is 17.8 Å². The highest BCUT2D eigenvalue weighted by Gasteiger charge is 2.45. The highest BCUT2D eigenvalue weighted by atomic mass is 16.1. The first kappa shape index (κ1) is 21.9. The highest BCUT2D eigenvalue weighted by molar-refractivity contribution is 6.01. The van der Waals surface area contributed by atoms with Crippen molar-refractivity contribution in [2.75, 3.05) is 4.90 Å². The van der Waals surface area contributed by atoms with E-state index in [0.717, 1.165) is 46.5 Å². The zero-order chi connectivity index (χ0) is 23.2. The molecule has 4 rings (SSSR count). The molecule has 0 saturated carbocycles. The third-order valence-corrected chi connectivity index (χ3v) is 6.73. The molecule has 0 bridgehead atoms. The number of Topliss-reactive ketones (excluding diaryl/α,β-unsaturated/α-hetero) is 1. The maximum absolute atomic E-state index is 13.6. The van der Waals surface area contributed by atoms with Gasteiger partial charge in [-0.25, -0.2) is 0 Å². The van der Waals surface area contributed by atoms with E-state index in [1.54, 1.807) is 0 Å². The summed E-state index contributed by atoms with van der Waals surface area (Å²) in [6, 6.07) is 16.8. The van der Waals surface area contributed by atoms with Crippen molar-refractivity contribution >= 4 is 11.5 Å². The SMILES string of the molecule is CCc1ccc(N2C(N)=C(C#N)C(c3cc(C)ccc3C)C3=C2CC(C)(C)CC3=O)cc1. The molecular formula is C28H31N3O. The van der Waals surface area contributed by atoms with Gasteiger partial charge < -0.3 is 5.73 Å². The van der Waals surface area contributed by atoms with Crippen LogP contribution in [0.5, 0.6) is 0 Å². The minimum Gasteiger partial charge on any atom is -0.384 e. The Kier molecular flexibility index (Phi) is 5.46. The number of allylic oxidation sites excluding steroid dienone is 3. The van der Waals surface area contributed by atoms with Crippen LogP contribution in [0.15, 0.2) is 65.1 Å². The van der Waals surface area contributed by atoms with E-state index in [4.69, 9.17) is 5.73 Å². The third-order valence-electron chi connectivity index (χ3n) is 6.73. The Morgan fingerprint density at radius 3 is 2.44 bits per heavy atom. The minimum atomic E-state index is -0.426. The molecule has 164 valence electrons. The van der Waals surface area contributed by atoms with Crippen LogP contribution >= 0.6 is 0 Å². The number of carbonyl (C=O) groups is 1. The molecule has 2 aliphatic rings. The van der Waals surface area contributed by atoms with Crippen molar-refractivity contribution in [2.24, 2.45) is 11.1 Å². The molecule has 0 fully saturated rings. The second-order valence-corrected chi connectivity index (χ2v) is 9.86. The van der Waals surface area contributed by atoms with Gasteiger partial charge in [0.2, 0.25) is 0 Å². The number of nitrogens with two attached hydrogens (primary N) is 1. The van der Waals surface area contributed by atoms with Crippen molar-refractivity contribution in [3.63, 3.8) is 0 Å². The summed E-state index contributed by atoms with van der Waals surface area (Å²) < 4.78 is 0. The highest BCUT2D eigenvalue weighted by Crippen LogP contribution is 2.50. The van der Waals surface area contributed by atoms with Crippen molar-refractivity contribution in [3.05, 3.63) is 87.4 Å². The molecule has 32 heavy (non-hydrogen) atoms. The van der Waals surface area contributed by atoms with E-state index in [1.165, 1.54) is 5.56 Å². The molecule has 2 aromatic carbocycles. The maximum atomic E-state index is 13.6. The first-order valence-electron chi connectivity index (χ1n) is 11.3. The van der Waals surface area contributed by atoms with Gasteiger partial charge in [-0.2, -0.15) is 5.26 Å². The molecule has 1 atom stereocenters. The van der Waals surface area contributed by atoms with Crippen LogP contribution in [0.25, 0.3) is 0 Å². The first-order chi connectivity index (χ1) is 15.2. The van der Waals surface area contributed by atoms with Crippen LogP contribution in [-0.4, -0.2) is 5.78 Å². The van der Waals surface area contributed by atoms with Crippen molar-refractivity contribution in [1.82, 2.24) is 0 Å². The molecule has 1 heterocycles. The van der Waals surface area contributed by atoms with Gasteiger partial charge in [0.05, 0.1) is 17.6 Å². The second kappa shape index (κ2) is 7.98. The zero-order valence-corrected chi connectivity index (χ0v) is 19.6. The van der Waals surface area contributed by atoms with Gasteiger partial charge in [-0.1, -0.05) is 56.7 Å². The summed E-state index contributed by atoms with van der Waals surface area (Å²) in [5, 5.41) is 10.2. The maximum Gasteiger partial charge on any atom is 0.162 e. The summed E-state index contributed by atoms with van der Waals surface area (Å²) in [7, 11) is 0. The topological polar surface area (TPSA) is 70.1 Å². The Morgan fingerprint density at radius 2 is 1.81 bits per heavy atom. The van der Waals surface area contributed by atoms with E-state index in [9.17, 15) is 10.1 Å². The van der Waals surface area contributed by atoms with Crippen LogP contribution in [0.3, 0.4) is 0 Å². The lowest BCUT2D eigenvalue weighted by Crippen LogP contribution is -2.42. The lowest BCUT2D eigenvalue weighted by molar-refractivity contribution is -0.118. The van der Waals surface area contributed by atoms with E-state index >= 15 is 0 Å². The first-order valence-corrected chi connectivity index (χ1v) is 11.3. The molecule has 4 nitrogen and oxygen atoms in total. The summed E-state index contributed by atoms with van der Waals surface area (Å²) in [4.78, 5) is 15.6. The van der Waals surface area contributed by atoms with Crippen LogP contribution in [0.1, 0.15) is 61.8 Å². The monoisotopic (exact) mass is 425 g/mol. The normalized spacial score (nSPS) is 20.3. The Labute approximate surface area is 191 Å². The molecule has 0 radical (unpaired) electrons. The van der Waals surface area contributed by atoms with Crippen molar-refractivity contribution in [3.8, 4) is 6.07 Å². The van der Waals surface area contributed by atoms with Gasteiger partial charge in [-0.3, -0.25) is 9.69 Å². The fourth-order valence-corrected chi connectivity index (χ4v) is 5.07. The number of anilines is 1. The molecule has 1 aliphatic heterocycles. The molecule has 2 N–H and O–H groups in total.